The van der Waals surface area contributed by atoms with Crippen molar-refractivity contribution in [3.05, 3.63) is 348 Å². The van der Waals surface area contributed by atoms with Crippen LogP contribution in [0.2, 0.25) is 0 Å². The Hall–Kier alpha value is -11.3. The topological polar surface area (TPSA) is 18.5 Å². The summed E-state index contributed by atoms with van der Waals surface area (Å²) in [5.74, 6) is 0. The van der Waals surface area contributed by atoms with Crippen molar-refractivity contribution >= 4 is 142 Å². The molecule has 3 aliphatic heterocycles. The molecule has 0 unspecified atom stereocenters. The van der Waals surface area contributed by atoms with Crippen LogP contribution >= 0.6 is 31.9 Å². The van der Waals surface area contributed by atoms with Gasteiger partial charge in [0.1, 0.15) is 0 Å². The first-order valence-electron chi connectivity index (χ1n) is 33.1. The minimum atomic E-state index is 1.12. The molecule has 3 aliphatic rings. The van der Waals surface area contributed by atoms with E-state index in [9.17, 15) is 0 Å². The van der Waals surface area contributed by atoms with Gasteiger partial charge in [0, 0.05) is 65.1 Å². The van der Waals surface area contributed by atoms with Crippen LogP contribution in [0, 0.1) is 13.8 Å². The van der Waals surface area contributed by atoms with Gasteiger partial charge in [0.15, 0.2) is 0 Å². The lowest BCUT2D eigenvalue weighted by Gasteiger charge is -2.28. The molecular formula is C92H61Br2N3. The quantitative estimate of drug-likeness (QED) is 0.174. The van der Waals surface area contributed by atoms with Crippen molar-refractivity contribution in [3.8, 4) is 66.8 Å². The van der Waals surface area contributed by atoms with Crippen molar-refractivity contribution in [3.63, 3.8) is 0 Å². The first-order chi connectivity index (χ1) is 47.8. The van der Waals surface area contributed by atoms with Crippen molar-refractivity contribution < 1.29 is 0 Å². The molecule has 0 fully saturated rings. The van der Waals surface area contributed by atoms with E-state index >= 15 is 0 Å². The fourth-order valence-electron chi connectivity index (χ4n) is 15.7. The van der Waals surface area contributed by atoms with Gasteiger partial charge in [0.25, 0.3) is 0 Å². The van der Waals surface area contributed by atoms with Gasteiger partial charge in [0.05, 0.1) is 22.7 Å². The Labute approximate surface area is 581 Å². The standard InChI is InChI=1S/C55H36N2.C19H12Br2.C18H13N/c1-35-32-39(57-53-24-12-8-20-48(53)43-16-4-5-17-44(43)49-21-9-13-25-54(49)57)34-37-27-29-45-40-31-28-38(33-36(40)26-30-50(45)55(35)37)56-51-22-10-6-18-46(51)41-14-2-3-15-42(41)47-19-7-11-23-52(47)56;1-11-8-15(21)10-13-3-5-17-16-7-4-14(20)9-12(16)2-6-18(17)19(11)13;1-2-8-14-13(7-1)15-9-3-5-11-17(15)19-18-12-6-4-10-16(14)18/h2-34H,1H3;2-10H,1H3;1-12,19H. The Morgan fingerprint density at radius 3 is 1.00 bits per heavy atom. The Balaban J connectivity index is 0.000000138. The van der Waals surface area contributed by atoms with Gasteiger partial charge >= 0.3 is 0 Å². The molecule has 458 valence electrons. The summed E-state index contributed by atoms with van der Waals surface area (Å²) in [5.41, 5.74) is 27.0. The number of anilines is 8. The smallest absolute Gasteiger partial charge is 0.0540 e. The van der Waals surface area contributed by atoms with E-state index in [-0.39, 0.29) is 0 Å². The fourth-order valence-corrected chi connectivity index (χ4v) is 16.7. The second-order valence-corrected chi connectivity index (χ2v) is 27.3. The first kappa shape index (κ1) is 58.3. The molecule has 0 bridgehead atoms. The molecule has 17 aromatic carbocycles. The highest BCUT2D eigenvalue weighted by atomic mass is 79.9. The number of nitrogens with one attached hydrogen (secondary N) is 1. The molecule has 0 aliphatic carbocycles. The Morgan fingerprint density at radius 1 is 0.227 bits per heavy atom. The van der Waals surface area contributed by atoms with Crippen molar-refractivity contribution in [2.24, 2.45) is 0 Å². The summed E-state index contributed by atoms with van der Waals surface area (Å²) < 4.78 is 2.26. The molecule has 0 amide bonds. The third-order valence-corrected chi connectivity index (χ3v) is 20.8. The summed E-state index contributed by atoms with van der Waals surface area (Å²) in [7, 11) is 0. The number of fused-ring (bicyclic) bond motifs is 25. The first-order valence-corrected chi connectivity index (χ1v) is 34.7. The summed E-state index contributed by atoms with van der Waals surface area (Å²) in [6, 6.07) is 119. The lowest BCUT2D eigenvalue weighted by molar-refractivity contribution is 1.29. The number of nitrogens with zero attached hydrogens (tertiary/aromatic N) is 2. The van der Waals surface area contributed by atoms with Gasteiger partial charge in [0.2, 0.25) is 0 Å². The second-order valence-electron chi connectivity index (χ2n) is 25.5. The van der Waals surface area contributed by atoms with Gasteiger partial charge < -0.3 is 15.1 Å². The molecule has 17 aromatic rings. The maximum atomic E-state index is 3.59. The maximum Gasteiger partial charge on any atom is 0.0540 e. The van der Waals surface area contributed by atoms with E-state index in [2.05, 4.69) is 388 Å². The molecule has 0 spiro atoms. The van der Waals surface area contributed by atoms with Gasteiger partial charge in [-0.1, -0.05) is 275 Å². The van der Waals surface area contributed by atoms with E-state index < -0.39 is 0 Å². The minimum Gasteiger partial charge on any atom is -0.355 e. The van der Waals surface area contributed by atoms with Crippen LogP contribution in [0.4, 0.5) is 45.5 Å². The Morgan fingerprint density at radius 2 is 0.536 bits per heavy atom. The van der Waals surface area contributed by atoms with E-state index in [4.69, 9.17) is 0 Å². The van der Waals surface area contributed by atoms with Crippen molar-refractivity contribution in [1.82, 2.24) is 0 Å². The largest absolute Gasteiger partial charge is 0.355 e. The minimum absolute atomic E-state index is 1.12. The monoisotopic (exact) mass is 1370 g/mol. The molecule has 0 atom stereocenters. The van der Waals surface area contributed by atoms with Crippen LogP contribution in [0.1, 0.15) is 11.1 Å². The average Bonchev–Trinajstić information content (AvgIpc) is 1.72. The number of hydrogen-bond acceptors (Lipinski definition) is 3. The molecule has 3 nitrogen and oxygen atoms in total. The zero-order valence-electron chi connectivity index (χ0n) is 53.3. The number of para-hydroxylation sites is 6. The molecule has 0 aromatic heterocycles. The predicted molar refractivity (Wildman–Crippen MR) is 422 cm³/mol. The summed E-state index contributed by atoms with van der Waals surface area (Å²) >= 11 is 7.14. The van der Waals surface area contributed by atoms with Gasteiger partial charge in [-0.3, -0.25) is 0 Å². The predicted octanol–water partition coefficient (Wildman–Crippen LogP) is 27.7. The highest BCUT2D eigenvalue weighted by Crippen LogP contribution is 2.54. The summed E-state index contributed by atoms with van der Waals surface area (Å²) in [6.45, 7) is 4.45. The van der Waals surface area contributed by atoms with Gasteiger partial charge in [-0.25, -0.2) is 0 Å². The van der Waals surface area contributed by atoms with Gasteiger partial charge in [-0.05, 0) is 208 Å². The lowest BCUT2D eigenvalue weighted by atomic mass is 9.93. The van der Waals surface area contributed by atoms with Crippen LogP contribution in [0.5, 0.6) is 0 Å². The number of hydrogen-bond donors (Lipinski definition) is 1. The Bertz CT molecular complexity index is 5890. The van der Waals surface area contributed by atoms with Crippen molar-refractivity contribution in [2.75, 3.05) is 15.1 Å². The molecule has 0 radical (unpaired) electrons. The average molecular weight is 1370 g/mol. The highest BCUT2D eigenvalue weighted by molar-refractivity contribution is 9.10. The van der Waals surface area contributed by atoms with Gasteiger partial charge in [-0.15, -0.1) is 0 Å². The zero-order valence-corrected chi connectivity index (χ0v) is 56.5. The van der Waals surface area contributed by atoms with Crippen LogP contribution in [0.15, 0.2) is 337 Å². The van der Waals surface area contributed by atoms with E-state index in [1.54, 1.807) is 0 Å². The SMILES string of the molecule is Cc1cc(Br)cc2ccc3c4ccc(Br)cc4ccc3c12.Cc1cc(N2c3ccccc3-c3ccccc3-c3ccccc32)cc2ccc3c4ccc(N5c6ccccc6-c6ccccc6-c6ccccc65)cc4ccc3c12.c1ccc2c(c1)Nc1ccccc1-c1ccccc1-2. The second kappa shape index (κ2) is 23.8. The fraction of sp³-hybridized carbons (Fsp3) is 0.0217. The summed E-state index contributed by atoms with van der Waals surface area (Å²) in [6.07, 6.45) is 0. The van der Waals surface area contributed by atoms with Crippen LogP contribution in [-0.2, 0) is 0 Å². The number of aryl methyl sites for hydroxylation is 2. The lowest BCUT2D eigenvalue weighted by Crippen LogP contribution is -2.11. The third kappa shape index (κ3) is 9.91. The van der Waals surface area contributed by atoms with Crippen LogP contribution in [0.25, 0.3) is 131 Å². The maximum absolute atomic E-state index is 3.59. The summed E-state index contributed by atoms with van der Waals surface area (Å²) in [4.78, 5) is 4.90. The molecule has 20 rings (SSSR count). The van der Waals surface area contributed by atoms with Crippen molar-refractivity contribution in [1.29, 1.82) is 0 Å². The zero-order chi connectivity index (χ0) is 64.8. The molecule has 97 heavy (non-hydrogen) atoms. The number of rotatable bonds is 2. The molecule has 5 heteroatoms. The van der Waals surface area contributed by atoms with E-state index in [1.807, 2.05) is 0 Å². The van der Waals surface area contributed by atoms with E-state index in [0.717, 1.165) is 20.3 Å². The number of halogens is 2. The molecule has 3 heterocycles. The number of benzene rings is 17. The van der Waals surface area contributed by atoms with E-state index in [0.29, 0.717) is 0 Å². The summed E-state index contributed by atoms with van der Waals surface area (Å²) in [5, 5.41) is 19.0. The third-order valence-electron chi connectivity index (χ3n) is 19.9. The molecule has 1 N–H and O–H groups in total. The molecular weight excluding hydrogens is 1310 g/mol. The Kier molecular flexibility index (Phi) is 14.3. The van der Waals surface area contributed by atoms with Crippen molar-refractivity contribution in [2.45, 2.75) is 13.8 Å². The molecule has 0 saturated heterocycles. The highest BCUT2D eigenvalue weighted by Gasteiger charge is 2.29. The van der Waals surface area contributed by atoms with Crippen LogP contribution in [-0.4, -0.2) is 0 Å². The van der Waals surface area contributed by atoms with Crippen LogP contribution in [0.3, 0.4) is 0 Å². The van der Waals surface area contributed by atoms with E-state index in [1.165, 1.54) is 177 Å². The molecule has 0 saturated carbocycles. The van der Waals surface area contributed by atoms with Gasteiger partial charge in [-0.2, -0.15) is 0 Å². The normalized spacial score (nSPS) is 12.2. The van der Waals surface area contributed by atoms with Crippen LogP contribution < -0.4 is 15.1 Å².